The lowest BCUT2D eigenvalue weighted by Gasteiger charge is -2.08. The number of imidazole rings is 1. The minimum absolute atomic E-state index is 0.257. The molecule has 0 aliphatic heterocycles. The van der Waals surface area contributed by atoms with Crippen molar-refractivity contribution in [2.45, 2.75) is 26.3 Å². The molecule has 1 heterocycles. The lowest BCUT2D eigenvalue weighted by molar-refractivity contribution is -0.140. The van der Waals surface area contributed by atoms with Gasteiger partial charge in [-0.25, -0.2) is 9.37 Å². The van der Waals surface area contributed by atoms with Gasteiger partial charge in [-0.1, -0.05) is 47.5 Å². The number of carbonyl (C=O) groups excluding carboxylic acids is 1. The van der Waals surface area contributed by atoms with Gasteiger partial charge in [0, 0.05) is 35.3 Å². The van der Waals surface area contributed by atoms with Gasteiger partial charge in [-0.3, -0.25) is 4.79 Å². The Hall–Kier alpha value is -3.61. The van der Waals surface area contributed by atoms with Crippen LogP contribution in [0.1, 0.15) is 31.2 Å². The van der Waals surface area contributed by atoms with Crippen molar-refractivity contribution in [3.8, 4) is 28.1 Å². The van der Waals surface area contributed by atoms with Crippen LogP contribution in [-0.4, -0.2) is 29.2 Å². The van der Waals surface area contributed by atoms with Gasteiger partial charge >= 0.3 is 5.97 Å². The van der Waals surface area contributed by atoms with Gasteiger partial charge in [-0.15, -0.1) is 0 Å². The predicted molar refractivity (Wildman–Crippen MR) is 151 cm³/mol. The van der Waals surface area contributed by atoms with Gasteiger partial charge < -0.3 is 14.0 Å². The van der Waals surface area contributed by atoms with Gasteiger partial charge in [0.2, 0.25) is 0 Å². The number of aromatic nitrogens is 2. The van der Waals surface area contributed by atoms with Crippen molar-refractivity contribution >= 4 is 41.3 Å². The van der Waals surface area contributed by atoms with E-state index >= 15 is 0 Å². The summed E-state index contributed by atoms with van der Waals surface area (Å²) in [5.41, 5.74) is 3.58. The molecule has 0 saturated heterocycles. The van der Waals surface area contributed by atoms with E-state index in [1.807, 2.05) is 54.1 Å². The maximum atomic E-state index is 15.0. The average molecular weight is 553 g/mol. The second-order valence-corrected chi connectivity index (χ2v) is 9.36. The molecular weight excluding hydrogens is 526 g/mol. The lowest BCUT2D eigenvalue weighted by atomic mass is 10.0. The number of ether oxygens (including phenoxy) is 2. The van der Waals surface area contributed by atoms with E-state index in [1.54, 1.807) is 30.4 Å². The Balaban J connectivity index is 1.45. The molecule has 3 aromatic carbocycles. The average Bonchev–Trinajstić information content (AvgIpc) is 3.33. The van der Waals surface area contributed by atoms with Crippen LogP contribution >= 0.6 is 23.2 Å². The summed E-state index contributed by atoms with van der Waals surface area (Å²) >= 11 is 12.4. The van der Waals surface area contributed by atoms with Crippen LogP contribution in [0.3, 0.4) is 0 Å². The molecule has 0 spiro atoms. The highest BCUT2D eigenvalue weighted by Gasteiger charge is 2.11. The van der Waals surface area contributed by atoms with Gasteiger partial charge in [0.15, 0.2) is 0 Å². The molecule has 8 heteroatoms. The summed E-state index contributed by atoms with van der Waals surface area (Å²) in [6.45, 7) is 3.12. The Kier molecular flexibility index (Phi) is 9.21. The van der Waals surface area contributed by atoms with E-state index in [-0.39, 0.29) is 11.8 Å². The molecule has 0 unspecified atom stereocenters. The smallest absolute Gasteiger partial charge is 0.305 e. The third-order valence-electron chi connectivity index (χ3n) is 5.98. The molecule has 0 saturated carbocycles. The standard InChI is InChI=1S/C30H27Cl2FN2O3/c1-3-35-19-28(25-14-11-23(31)18-26(25)32)34-29(35)15-10-21-6-7-22(17-27(21)33)20-8-12-24(13-9-20)38-16-4-5-30(36)37-2/h6-15,17-19H,3-5,16H2,1-2H3. The zero-order valence-electron chi connectivity index (χ0n) is 21.1. The van der Waals surface area contributed by atoms with E-state index in [1.165, 1.54) is 13.2 Å². The molecule has 1 aromatic heterocycles. The van der Waals surface area contributed by atoms with Crippen molar-refractivity contribution in [3.05, 3.63) is 94.1 Å². The monoisotopic (exact) mass is 552 g/mol. The summed E-state index contributed by atoms with van der Waals surface area (Å²) in [6, 6.07) is 17.8. The third kappa shape index (κ3) is 6.82. The number of benzene rings is 3. The zero-order chi connectivity index (χ0) is 27.1. The van der Waals surface area contributed by atoms with E-state index in [0.717, 1.165) is 22.4 Å². The highest BCUT2D eigenvalue weighted by molar-refractivity contribution is 6.36. The number of hydrogen-bond acceptors (Lipinski definition) is 4. The number of carbonyl (C=O) groups is 1. The minimum Gasteiger partial charge on any atom is -0.494 e. The first kappa shape index (κ1) is 27.4. The number of aryl methyl sites for hydroxylation is 1. The van der Waals surface area contributed by atoms with Crippen molar-refractivity contribution in [3.63, 3.8) is 0 Å². The molecule has 0 bridgehead atoms. The Morgan fingerprint density at radius 3 is 2.47 bits per heavy atom. The predicted octanol–water partition coefficient (Wildman–Crippen LogP) is 8.19. The van der Waals surface area contributed by atoms with Crippen molar-refractivity contribution in [2.75, 3.05) is 13.7 Å². The van der Waals surface area contributed by atoms with Crippen LogP contribution in [0.2, 0.25) is 10.0 Å². The topological polar surface area (TPSA) is 53.4 Å². The number of methoxy groups -OCH3 is 1. The second kappa shape index (κ2) is 12.8. The molecule has 0 aliphatic carbocycles. The largest absolute Gasteiger partial charge is 0.494 e. The molecule has 0 amide bonds. The first-order valence-electron chi connectivity index (χ1n) is 12.2. The molecule has 38 heavy (non-hydrogen) atoms. The Labute approximate surface area is 231 Å². The molecule has 0 N–H and O–H groups in total. The normalized spacial score (nSPS) is 11.2. The van der Waals surface area contributed by atoms with E-state index in [0.29, 0.717) is 53.2 Å². The van der Waals surface area contributed by atoms with Crippen LogP contribution < -0.4 is 4.74 Å². The van der Waals surface area contributed by atoms with E-state index in [2.05, 4.69) is 4.74 Å². The third-order valence-corrected chi connectivity index (χ3v) is 6.52. The van der Waals surface area contributed by atoms with E-state index < -0.39 is 0 Å². The molecule has 0 aliphatic rings. The quantitative estimate of drug-likeness (QED) is 0.147. The molecule has 5 nitrogen and oxygen atoms in total. The first-order chi connectivity index (χ1) is 18.4. The second-order valence-electron chi connectivity index (χ2n) is 8.52. The molecule has 0 radical (unpaired) electrons. The minimum atomic E-state index is -0.336. The first-order valence-corrected chi connectivity index (χ1v) is 12.9. The van der Waals surface area contributed by atoms with Crippen LogP contribution in [0, 0.1) is 5.82 Å². The summed E-state index contributed by atoms with van der Waals surface area (Å²) in [6.07, 6.45) is 6.31. The van der Waals surface area contributed by atoms with E-state index in [4.69, 9.17) is 32.9 Å². The molecular formula is C30H27Cl2FN2O3. The van der Waals surface area contributed by atoms with Crippen LogP contribution in [0.25, 0.3) is 34.5 Å². The molecule has 0 fully saturated rings. The molecule has 4 rings (SSSR count). The van der Waals surface area contributed by atoms with Gasteiger partial charge in [0.05, 0.1) is 24.4 Å². The SMILES string of the molecule is CCn1cc(-c2ccc(Cl)cc2Cl)nc1C=Cc1ccc(-c2ccc(OCCCC(=O)OC)cc2)cc1F. The number of nitrogens with zero attached hydrogens (tertiary/aromatic N) is 2. The van der Waals surface area contributed by atoms with Crippen LogP contribution in [0.4, 0.5) is 4.39 Å². The Morgan fingerprint density at radius 2 is 1.79 bits per heavy atom. The summed E-state index contributed by atoms with van der Waals surface area (Å²) in [5.74, 6) is 0.786. The van der Waals surface area contributed by atoms with Crippen molar-refractivity contribution in [2.24, 2.45) is 0 Å². The summed E-state index contributed by atoms with van der Waals surface area (Å²) in [5, 5.41) is 1.08. The fourth-order valence-corrected chi connectivity index (χ4v) is 4.41. The van der Waals surface area contributed by atoms with Crippen molar-refractivity contribution < 1.29 is 18.7 Å². The van der Waals surface area contributed by atoms with Gasteiger partial charge in [-0.05, 0) is 73.0 Å². The number of halogens is 3. The zero-order valence-corrected chi connectivity index (χ0v) is 22.6. The van der Waals surface area contributed by atoms with Crippen LogP contribution in [0.5, 0.6) is 5.75 Å². The summed E-state index contributed by atoms with van der Waals surface area (Å²) < 4.78 is 27.2. The fraction of sp³-hybridized carbons (Fsp3) is 0.200. The Bertz CT molecular complexity index is 1450. The number of rotatable bonds is 10. The van der Waals surface area contributed by atoms with Crippen molar-refractivity contribution in [1.29, 1.82) is 0 Å². The highest BCUT2D eigenvalue weighted by Crippen LogP contribution is 2.30. The number of hydrogen-bond donors (Lipinski definition) is 0. The molecule has 196 valence electrons. The number of esters is 1. The van der Waals surface area contributed by atoms with Crippen molar-refractivity contribution in [1.82, 2.24) is 9.55 Å². The maximum Gasteiger partial charge on any atom is 0.305 e. The summed E-state index contributed by atoms with van der Waals surface area (Å²) in [7, 11) is 1.37. The van der Waals surface area contributed by atoms with E-state index in [9.17, 15) is 9.18 Å². The maximum absolute atomic E-state index is 15.0. The molecule has 0 atom stereocenters. The van der Waals surface area contributed by atoms with Crippen LogP contribution in [0.15, 0.2) is 66.9 Å². The fourth-order valence-electron chi connectivity index (χ4n) is 3.90. The van der Waals surface area contributed by atoms with Gasteiger partial charge in [0.1, 0.15) is 17.4 Å². The molecule has 4 aromatic rings. The summed E-state index contributed by atoms with van der Waals surface area (Å²) in [4.78, 5) is 15.9. The van der Waals surface area contributed by atoms with Gasteiger partial charge in [-0.2, -0.15) is 0 Å². The van der Waals surface area contributed by atoms with Crippen LogP contribution in [-0.2, 0) is 16.1 Å². The lowest BCUT2D eigenvalue weighted by Crippen LogP contribution is -2.04. The highest BCUT2D eigenvalue weighted by atomic mass is 35.5. The Morgan fingerprint density at radius 1 is 1.03 bits per heavy atom. The van der Waals surface area contributed by atoms with Gasteiger partial charge in [0.25, 0.3) is 0 Å².